The molecule has 1 aromatic heterocycles. The molecule has 2 aromatic rings. The number of nitrogens with one attached hydrogen (secondary N) is 1. The predicted octanol–water partition coefficient (Wildman–Crippen LogP) is 2.53. The predicted molar refractivity (Wildman–Crippen MR) is 80.2 cm³/mol. The number of non-ortho nitro benzene ring substituents is 1. The number of carbonyl (C=O) groups is 1. The van der Waals surface area contributed by atoms with Crippen LogP contribution < -0.4 is 11.1 Å². The molecular weight excluding hydrogens is 286 g/mol. The van der Waals surface area contributed by atoms with Gasteiger partial charge in [-0.2, -0.15) is 0 Å². The SMILES string of the molecule is CCC(NC(=O)c1coc(CN)c1)c1cccc([N+](=O)[O-])c1. The highest BCUT2D eigenvalue weighted by Crippen LogP contribution is 2.22. The summed E-state index contributed by atoms with van der Waals surface area (Å²) in [5.74, 6) is 0.218. The van der Waals surface area contributed by atoms with Gasteiger partial charge < -0.3 is 15.5 Å². The van der Waals surface area contributed by atoms with Crippen LogP contribution in [-0.2, 0) is 6.54 Å². The maximum absolute atomic E-state index is 12.2. The monoisotopic (exact) mass is 303 g/mol. The lowest BCUT2D eigenvalue weighted by atomic mass is 10.0. The number of amides is 1. The van der Waals surface area contributed by atoms with Crippen LogP contribution in [0.25, 0.3) is 0 Å². The largest absolute Gasteiger partial charge is 0.467 e. The number of hydrogen-bond donors (Lipinski definition) is 2. The van der Waals surface area contributed by atoms with Crippen LogP contribution in [0.2, 0.25) is 0 Å². The number of rotatable bonds is 6. The van der Waals surface area contributed by atoms with Gasteiger partial charge in [-0.25, -0.2) is 0 Å². The van der Waals surface area contributed by atoms with Crippen molar-refractivity contribution in [2.45, 2.75) is 25.9 Å². The van der Waals surface area contributed by atoms with E-state index in [4.69, 9.17) is 10.2 Å². The Morgan fingerprint density at radius 3 is 2.82 bits per heavy atom. The van der Waals surface area contributed by atoms with Crippen molar-refractivity contribution in [1.82, 2.24) is 5.32 Å². The fraction of sp³-hybridized carbons (Fsp3) is 0.267. The summed E-state index contributed by atoms with van der Waals surface area (Å²) < 4.78 is 5.13. The van der Waals surface area contributed by atoms with Crippen molar-refractivity contribution >= 4 is 11.6 Å². The number of nitrogens with two attached hydrogens (primary N) is 1. The number of nitro groups is 1. The van der Waals surface area contributed by atoms with E-state index in [1.807, 2.05) is 6.92 Å². The molecule has 1 unspecified atom stereocenters. The van der Waals surface area contributed by atoms with Crippen LogP contribution in [-0.4, -0.2) is 10.8 Å². The zero-order valence-corrected chi connectivity index (χ0v) is 12.1. The lowest BCUT2D eigenvalue weighted by Gasteiger charge is -2.16. The first-order valence-corrected chi connectivity index (χ1v) is 6.87. The molecule has 3 N–H and O–H groups in total. The number of nitrogens with zero attached hydrogens (tertiary/aromatic N) is 1. The Morgan fingerprint density at radius 2 is 2.23 bits per heavy atom. The van der Waals surface area contributed by atoms with Crippen molar-refractivity contribution < 1.29 is 14.1 Å². The summed E-state index contributed by atoms with van der Waals surface area (Å²) in [5.41, 5.74) is 6.50. The second kappa shape index (κ2) is 6.86. The quantitative estimate of drug-likeness (QED) is 0.629. The summed E-state index contributed by atoms with van der Waals surface area (Å²) in [6.45, 7) is 2.11. The summed E-state index contributed by atoms with van der Waals surface area (Å²) in [4.78, 5) is 22.6. The third kappa shape index (κ3) is 3.50. The van der Waals surface area contributed by atoms with Crippen LogP contribution in [0.4, 0.5) is 5.69 Å². The third-order valence-corrected chi connectivity index (χ3v) is 3.31. The van der Waals surface area contributed by atoms with E-state index in [9.17, 15) is 14.9 Å². The molecule has 0 saturated carbocycles. The van der Waals surface area contributed by atoms with Gasteiger partial charge in [-0.3, -0.25) is 14.9 Å². The van der Waals surface area contributed by atoms with E-state index in [0.29, 0.717) is 23.3 Å². The topological polar surface area (TPSA) is 111 Å². The first-order chi connectivity index (χ1) is 10.5. The van der Waals surface area contributed by atoms with Crippen LogP contribution in [0, 0.1) is 10.1 Å². The van der Waals surface area contributed by atoms with Gasteiger partial charge >= 0.3 is 0 Å². The molecule has 0 spiro atoms. The van der Waals surface area contributed by atoms with Crippen molar-refractivity contribution in [3.05, 3.63) is 63.6 Å². The fourth-order valence-electron chi connectivity index (χ4n) is 2.12. The molecule has 1 heterocycles. The van der Waals surface area contributed by atoms with E-state index in [0.717, 1.165) is 0 Å². The Labute approximate surface area is 127 Å². The molecular formula is C15H17N3O4. The average Bonchev–Trinajstić information content (AvgIpc) is 3.01. The number of nitro benzene ring substituents is 1. The normalized spacial score (nSPS) is 11.9. The van der Waals surface area contributed by atoms with Crippen LogP contribution in [0.3, 0.4) is 0 Å². The summed E-state index contributed by atoms with van der Waals surface area (Å²) in [5, 5.41) is 13.7. The summed E-state index contributed by atoms with van der Waals surface area (Å²) in [6.07, 6.45) is 1.95. The van der Waals surface area contributed by atoms with Crippen LogP contribution >= 0.6 is 0 Å². The minimum atomic E-state index is -0.457. The highest BCUT2D eigenvalue weighted by molar-refractivity contribution is 5.94. The second-order valence-electron chi connectivity index (χ2n) is 4.79. The highest BCUT2D eigenvalue weighted by atomic mass is 16.6. The lowest BCUT2D eigenvalue weighted by Crippen LogP contribution is -2.27. The van der Waals surface area contributed by atoms with Crippen molar-refractivity contribution in [2.24, 2.45) is 5.73 Å². The fourth-order valence-corrected chi connectivity index (χ4v) is 2.12. The third-order valence-electron chi connectivity index (χ3n) is 3.31. The molecule has 0 aliphatic heterocycles. The average molecular weight is 303 g/mol. The maximum atomic E-state index is 12.2. The van der Waals surface area contributed by atoms with Crippen LogP contribution in [0.5, 0.6) is 0 Å². The molecule has 7 nitrogen and oxygen atoms in total. The Bertz CT molecular complexity index is 681. The Morgan fingerprint density at radius 1 is 1.45 bits per heavy atom. The molecule has 0 saturated heterocycles. The zero-order chi connectivity index (χ0) is 16.1. The lowest BCUT2D eigenvalue weighted by molar-refractivity contribution is -0.384. The minimum Gasteiger partial charge on any atom is -0.467 e. The number of furan rings is 1. The van der Waals surface area contributed by atoms with Gasteiger partial charge in [0.25, 0.3) is 11.6 Å². The van der Waals surface area contributed by atoms with Crippen molar-refractivity contribution in [3.8, 4) is 0 Å². The Balaban J connectivity index is 2.16. The summed E-state index contributed by atoms with van der Waals surface area (Å²) in [7, 11) is 0. The van der Waals surface area contributed by atoms with E-state index < -0.39 is 4.92 Å². The molecule has 0 aliphatic carbocycles. The van der Waals surface area contributed by atoms with Gasteiger partial charge in [0.05, 0.1) is 23.1 Å². The molecule has 0 aliphatic rings. The van der Waals surface area contributed by atoms with Crippen LogP contribution in [0.1, 0.15) is 41.1 Å². The van der Waals surface area contributed by atoms with E-state index in [-0.39, 0.29) is 24.2 Å². The maximum Gasteiger partial charge on any atom is 0.269 e. The van der Waals surface area contributed by atoms with Crippen LogP contribution in [0.15, 0.2) is 41.0 Å². The molecule has 1 aromatic carbocycles. The molecule has 1 atom stereocenters. The summed E-state index contributed by atoms with van der Waals surface area (Å²) in [6, 6.07) is 7.50. The second-order valence-corrected chi connectivity index (χ2v) is 4.79. The Kier molecular flexibility index (Phi) is 4.90. The first-order valence-electron chi connectivity index (χ1n) is 6.87. The first kappa shape index (κ1) is 15.7. The van der Waals surface area contributed by atoms with Gasteiger partial charge in [0, 0.05) is 12.1 Å². The summed E-state index contributed by atoms with van der Waals surface area (Å²) >= 11 is 0. The van der Waals surface area contributed by atoms with Crippen molar-refractivity contribution in [1.29, 1.82) is 0 Å². The van der Waals surface area contributed by atoms with E-state index in [1.54, 1.807) is 18.2 Å². The van der Waals surface area contributed by atoms with Crippen molar-refractivity contribution in [2.75, 3.05) is 0 Å². The molecule has 0 radical (unpaired) electrons. The standard InChI is InChI=1S/C15H17N3O4/c1-2-14(10-4-3-5-12(6-10)18(20)21)17-15(19)11-7-13(8-16)22-9-11/h3-7,9,14H,2,8,16H2,1H3,(H,17,19). The van der Waals surface area contributed by atoms with E-state index in [2.05, 4.69) is 5.32 Å². The Hall–Kier alpha value is -2.67. The van der Waals surface area contributed by atoms with E-state index >= 15 is 0 Å². The molecule has 7 heteroatoms. The smallest absolute Gasteiger partial charge is 0.269 e. The number of benzene rings is 1. The number of hydrogen-bond acceptors (Lipinski definition) is 5. The number of carbonyl (C=O) groups excluding carboxylic acids is 1. The van der Waals surface area contributed by atoms with E-state index in [1.165, 1.54) is 18.4 Å². The van der Waals surface area contributed by atoms with Gasteiger partial charge in [0.2, 0.25) is 0 Å². The van der Waals surface area contributed by atoms with Gasteiger partial charge in [-0.15, -0.1) is 0 Å². The highest BCUT2D eigenvalue weighted by Gasteiger charge is 2.17. The van der Waals surface area contributed by atoms with Gasteiger partial charge in [0.15, 0.2) is 0 Å². The van der Waals surface area contributed by atoms with Gasteiger partial charge in [-0.05, 0) is 18.1 Å². The molecule has 1 amide bonds. The molecule has 2 rings (SSSR count). The molecule has 116 valence electrons. The molecule has 0 fully saturated rings. The zero-order valence-electron chi connectivity index (χ0n) is 12.1. The van der Waals surface area contributed by atoms with Gasteiger partial charge in [-0.1, -0.05) is 19.1 Å². The van der Waals surface area contributed by atoms with Crippen molar-refractivity contribution in [3.63, 3.8) is 0 Å². The van der Waals surface area contributed by atoms with Gasteiger partial charge in [0.1, 0.15) is 12.0 Å². The minimum absolute atomic E-state index is 0.000993. The molecule has 0 bridgehead atoms. The molecule has 22 heavy (non-hydrogen) atoms.